The monoisotopic (exact) mass is 377 g/mol. The number of alkyl halides is 1. The van der Waals surface area contributed by atoms with E-state index in [9.17, 15) is 13.6 Å². The highest BCUT2D eigenvalue weighted by atomic mass is 19.1. The van der Waals surface area contributed by atoms with E-state index < -0.39 is 12.2 Å². The second kappa shape index (κ2) is 7.07. The van der Waals surface area contributed by atoms with E-state index in [-0.39, 0.29) is 24.3 Å². The smallest absolute Gasteiger partial charge is 0.242 e. The van der Waals surface area contributed by atoms with Crippen molar-refractivity contribution in [1.29, 1.82) is 0 Å². The number of hydrogen-bond donors (Lipinski definition) is 1. The van der Waals surface area contributed by atoms with Crippen molar-refractivity contribution in [1.82, 2.24) is 14.5 Å². The number of hydrogen-bond acceptors (Lipinski definition) is 4. The molecule has 1 aromatic heterocycles. The number of carbonyl (C=O) groups excluding carboxylic acids is 1. The summed E-state index contributed by atoms with van der Waals surface area (Å²) < 4.78 is 29.4. The second-order valence-corrected chi connectivity index (χ2v) is 7.62. The highest BCUT2D eigenvalue weighted by molar-refractivity contribution is 5.83. The number of anilines is 1. The third-order valence-electron chi connectivity index (χ3n) is 5.71. The van der Waals surface area contributed by atoms with E-state index in [0.717, 1.165) is 19.4 Å². The summed E-state index contributed by atoms with van der Waals surface area (Å²) >= 11 is 0. The van der Waals surface area contributed by atoms with Crippen LogP contribution in [0.15, 0.2) is 18.2 Å². The van der Waals surface area contributed by atoms with Crippen molar-refractivity contribution in [3.63, 3.8) is 0 Å². The largest absolute Gasteiger partial charge is 0.340 e. The van der Waals surface area contributed by atoms with Crippen molar-refractivity contribution in [2.45, 2.75) is 51.0 Å². The molecule has 2 aliphatic rings. The maximum atomic E-state index is 13.9. The molecule has 3 heterocycles. The van der Waals surface area contributed by atoms with Gasteiger partial charge in [0.2, 0.25) is 11.9 Å². The molecule has 1 aromatic carbocycles. The van der Waals surface area contributed by atoms with Crippen molar-refractivity contribution in [2.75, 3.05) is 24.5 Å². The van der Waals surface area contributed by atoms with Gasteiger partial charge in [-0.3, -0.25) is 4.79 Å². The zero-order valence-corrected chi connectivity index (χ0v) is 15.4. The first-order valence-electron chi connectivity index (χ1n) is 9.54. The van der Waals surface area contributed by atoms with Crippen LogP contribution in [0, 0.1) is 5.82 Å². The van der Waals surface area contributed by atoms with Gasteiger partial charge in [-0.05, 0) is 44.4 Å². The Morgan fingerprint density at radius 2 is 2.15 bits per heavy atom. The molecule has 0 bridgehead atoms. The topological polar surface area (TPSA) is 67.4 Å². The van der Waals surface area contributed by atoms with Gasteiger partial charge in [-0.2, -0.15) is 0 Å². The van der Waals surface area contributed by atoms with Gasteiger partial charge in [0.05, 0.1) is 17.1 Å². The van der Waals surface area contributed by atoms with E-state index in [0.29, 0.717) is 36.5 Å². The van der Waals surface area contributed by atoms with Crippen LogP contribution in [0.3, 0.4) is 0 Å². The Bertz CT molecular complexity index is 854. The number of likely N-dealkylation sites (tertiary alicyclic amines) is 1. The Labute approximate surface area is 156 Å². The summed E-state index contributed by atoms with van der Waals surface area (Å²) in [6.07, 6.45) is 1.27. The lowest BCUT2D eigenvalue weighted by molar-refractivity contribution is -0.132. The first-order valence-corrected chi connectivity index (χ1v) is 9.54. The van der Waals surface area contributed by atoms with Crippen molar-refractivity contribution in [3.8, 4) is 0 Å². The van der Waals surface area contributed by atoms with Gasteiger partial charge in [-0.25, -0.2) is 13.8 Å². The fourth-order valence-corrected chi connectivity index (χ4v) is 4.15. The minimum atomic E-state index is -1.04. The minimum Gasteiger partial charge on any atom is -0.340 e. The SMILES string of the molecule is C[C@H]1CCCN1C(=O)Cn1c(N2CC[C@@H](F)[C@H](N)C2)nc2ccc(F)cc21. The van der Waals surface area contributed by atoms with Crippen molar-refractivity contribution >= 4 is 22.9 Å². The summed E-state index contributed by atoms with van der Waals surface area (Å²) in [6.45, 7) is 3.66. The van der Waals surface area contributed by atoms with E-state index in [1.807, 2.05) is 16.7 Å². The lowest BCUT2D eigenvalue weighted by Crippen LogP contribution is -2.50. The number of carbonyl (C=O) groups is 1. The number of aromatic nitrogens is 2. The van der Waals surface area contributed by atoms with Gasteiger partial charge in [0, 0.05) is 25.7 Å². The van der Waals surface area contributed by atoms with Crippen molar-refractivity contribution in [2.24, 2.45) is 5.73 Å². The number of benzene rings is 1. The molecule has 0 unspecified atom stereocenters. The molecule has 2 aliphatic heterocycles. The van der Waals surface area contributed by atoms with Gasteiger partial charge in [0.25, 0.3) is 0 Å². The van der Waals surface area contributed by atoms with E-state index in [2.05, 4.69) is 4.98 Å². The Kier molecular flexibility index (Phi) is 4.75. The maximum absolute atomic E-state index is 13.9. The molecule has 4 rings (SSSR count). The van der Waals surface area contributed by atoms with Crippen LogP contribution in [-0.2, 0) is 11.3 Å². The van der Waals surface area contributed by atoms with Crippen LogP contribution >= 0.6 is 0 Å². The Balaban J connectivity index is 1.70. The molecule has 0 saturated carbocycles. The summed E-state index contributed by atoms with van der Waals surface area (Å²) in [5.41, 5.74) is 7.09. The number of nitrogens with two attached hydrogens (primary N) is 1. The quantitative estimate of drug-likeness (QED) is 0.889. The number of nitrogens with zero attached hydrogens (tertiary/aromatic N) is 4. The normalized spacial score (nSPS) is 26.1. The van der Waals surface area contributed by atoms with Gasteiger partial charge in [0.15, 0.2) is 0 Å². The fraction of sp³-hybridized carbons (Fsp3) is 0.579. The number of piperidine rings is 1. The number of rotatable bonds is 3. The predicted octanol–water partition coefficient (Wildman–Crippen LogP) is 2.06. The molecule has 0 spiro atoms. The molecule has 0 radical (unpaired) electrons. The first kappa shape index (κ1) is 18.2. The lowest BCUT2D eigenvalue weighted by atomic mass is 10.1. The zero-order valence-electron chi connectivity index (χ0n) is 15.4. The molecule has 2 saturated heterocycles. The van der Waals surface area contributed by atoms with Crippen LogP contribution in [0.5, 0.6) is 0 Å². The summed E-state index contributed by atoms with van der Waals surface area (Å²) in [5, 5.41) is 0. The maximum Gasteiger partial charge on any atom is 0.242 e. The predicted molar refractivity (Wildman–Crippen MR) is 99.8 cm³/mol. The molecule has 8 heteroatoms. The minimum absolute atomic E-state index is 0.00510. The lowest BCUT2D eigenvalue weighted by Gasteiger charge is -2.34. The van der Waals surface area contributed by atoms with Crippen LogP contribution in [0.25, 0.3) is 11.0 Å². The number of amides is 1. The highest BCUT2D eigenvalue weighted by Gasteiger charge is 2.31. The summed E-state index contributed by atoms with van der Waals surface area (Å²) in [7, 11) is 0. The molecule has 2 aromatic rings. The number of halogens is 2. The van der Waals surface area contributed by atoms with Gasteiger partial charge in [-0.1, -0.05) is 0 Å². The molecule has 1 amide bonds. The molecule has 0 aliphatic carbocycles. The number of imidazole rings is 1. The van der Waals surface area contributed by atoms with Crippen molar-refractivity contribution < 1.29 is 13.6 Å². The van der Waals surface area contributed by atoms with Crippen LogP contribution in [0.4, 0.5) is 14.7 Å². The molecule has 146 valence electrons. The average molecular weight is 377 g/mol. The number of fused-ring (bicyclic) bond motifs is 1. The summed E-state index contributed by atoms with van der Waals surface area (Å²) in [4.78, 5) is 21.3. The Hall–Kier alpha value is -2.22. The second-order valence-electron chi connectivity index (χ2n) is 7.62. The van der Waals surface area contributed by atoms with E-state index in [1.54, 1.807) is 10.6 Å². The molecular weight excluding hydrogens is 352 g/mol. The third kappa shape index (κ3) is 3.38. The van der Waals surface area contributed by atoms with E-state index in [4.69, 9.17) is 5.73 Å². The van der Waals surface area contributed by atoms with Gasteiger partial charge >= 0.3 is 0 Å². The third-order valence-corrected chi connectivity index (χ3v) is 5.71. The highest BCUT2D eigenvalue weighted by Crippen LogP contribution is 2.27. The Morgan fingerprint density at radius 3 is 2.85 bits per heavy atom. The standard InChI is InChI=1S/C19H25F2N5O/c1-12-3-2-7-25(12)18(27)11-26-17-9-13(20)4-5-16(17)23-19(26)24-8-6-14(21)15(22)10-24/h4-5,9,12,14-15H,2-3,6-8,10-11,22H2,1H3/t12-,14+,15+/m0/s1. The van der Waals surface area contributed by atoms with E-state index >= 15 is 0 Å². The zero-order chi connectivity index (χ0) is 19.1. The fourth-order valence-electron chi connectivity index (χ4n) is 4.15. The first-order chi connectivity index (χ1) is 12.9. The average Bonchev–Trinajstić information content (AvgIpc) is 3.21. The van der Waals surface area contributed by atoms with Crippen LogP contribution in [0.2, 0.25) is 0 Å². The van der Waals surface area contributed by atoms with E-state index in [1.165, 1.54) is 12.1 Å². The van der Waals surface area contributed by atoms with Gasteiger partial charge < -0.3 is 20.1 Å². The molecule has 6 nitrogen and oxygen atoms in total. The van der Waals surface area contributed by atoms with Crippen LogP contribution in [-0.4, -0.2) is 58.2 Å². The van der Waals surface area contributed by atoms with Crippen LogP contribution in [0.1, 0.15) is 26.2 Å². The Morgan fingerprint density at radius 1 is 1.33 bits per heavy atom. The van der Waals surface area contributed by atoms with Crippen LogP contribution < -0.4 is 10.6 Å². The van der Waals surface area contributed by atoms with Crippen molar-refractivity contribution in [3.05, 3.63) is 24.0 Å². The molecular formula is C19H25F2N5O. The summed E-state index contributed by atoms with van der Waals surface area (Å²) in [6, 6.07) is 3.97. The van der Waals surface area contributed by atoms with Gasteiger partial charge in [0.1, 0.15) is 18.5 Å². The van der Waals surface area contributed by atoms with Gasteiger partial charge in [-0.15, -0.1) is 0 Å². The summed E-state index contributed by atoms with van der Waals surface area (Å²) in [5.74, 6) is 0.170. The molecule has 3 atom stereocenters. The molecule has 27 heavy (non-hydrogen) atoms. The molecule has 2 fully saturated rings. The molecule has 2 N–H and O–H groups in total.